The normalized spacial score (nSPS) is 13.8. The van der Waals surface area contributed by atoms with Crippen molar-refractivity contribution in [3.05, 3.63) is 66.2 Å². The van der Waals surface area contributed by atoms with Gasteiger partial charge in [0.2, 0.25) is 5.95 Å². The van der Waals surface area contributed by atoms with E-state index in [0.717, 1.165) is 0 Å². The van der Waals surface area contributed by atoms with E-state index in [1.807, 2.05) is 0 Å². The number of aliphatic imine (C=N–C) groups is 1. The van der Waals surface area contributed by atoms with Crippen molar-refractivity contribution >= 4 is 23.6 Å². The van der Waals surface area contributed by atoms with Gasteiger partial charge >= 0.3 is 12.4 Å². The van der Waals surface area contributed by atoms with Gasteiger partial charge in [0.15, 0.2) is 0 Å². The van der Waals surface area contributed by atoms with Gasteiger partial charge in [-0.1, -0.05) is 18.2 Å². The van der Waals surface area contributed by atoms with E-state index in [4.69, 9.17) is 5.73 Å². The van der Waals surface area contributed by atoms with E-state index >= 15 is 0 Å². The molecule has 0 radical (unpaired) electrons. The smallest absolute Gasteiger partial charge is 0.405 e. The van der Waals surface area contributed by atoms with Gasteiger partial charge < -0.3 is 20.7 Å². The van der Waals surface area contributed by atoms with Crippen LogP contribution in [0.15, 0.2) is 60.0 Å². The van der Waals surface area contributed by atoms with Crippen LogP contribution in [-0.4, -0.2) is 50.4 Å². The molecule has 3 aromatic rings. The van der Waals surface area contributed by atoms with Crippen molar-refractivity contribution in [3.63, 3.8) is 0 Å². The number of carbonyl (C=O) groups excluding carboxylic acids is 2. The Morgan fingerprint density at radius 2 is 1.89 bits per heavy atom. The number of urea groups is 1. The highest BCUT2D eigenvalue weighted by atomic mass is 19.4. The number of benzene rings is 1. The first-order chi connectivity index (χ1) is 17.2. The average molecular weight is 499 g/mol. The number of nitrogens with two attached hydrogens (primary N) is 1. The summed E-state index contributed by atoms with van der Waals surface area (Å²) in [5, 5.41) is 2.51. The fourth-order valence-corrected chi connectivity index (χ4v) is 3.44. The van der Waals surface area contributed by atoms with Crippen LogP contribution in [0, 0.1) is 0 Å². The number of hydrogen-bond donors (Lipinski definition) is 2. The zero-order valence-corrected chi connectivity index (χ0v) is 18.7. The molecular weight excluding hydrogens is 479 g/mol. The maximum Gasteiger partial charge on any atom is 0.573 e. The highest BCUT2D eigenvalue weighted by Crippen LogP contribution is 2.31. The van der Waals surface area contributed by atoms with Crippen LogP contribution in [0.3, 0.4) is 0 Å². The second-order valence-corrected chi connectivity index (χ2v) is 7.72. The number of halogens is 3. The van der Waals surface area contributed by atoms with Gasteiger partial charge in [-0.3, -0.25) is 9.78 Å². The quantitative estimate of drug-likeness (QED) is 0.510. The molecule has 186 valence electrons. The van der Waals surface area contributed by atoms with Crippen LogP contribution in [0.25, 0.3) is 11.1 Å². The van der Waals surface area contributed by atoms with Crippen molar-refractivity contribution in [2.45, 2.75) is 25.9 Å². The van der Waals surface area contributed by atoms with Gasteiger partial charge in [-0.25, -0.2) is 14.8 Å². The lowest BCUT2D eigenvalue weighted by Crippen LogP contribution is -2.40. The number of ether oxygens (including phenoxy) is 1. The highest BCUT2D eigenvalue weighted by molar-refractivity contribution is 6.40. The van der Waals surface area contributed by atoms with Gasteiger partial charge in [0.1, 0.15) is 11.5 Å². The summed E-state index contributed by atoms with van der Waals surface area (Å²) in [7, 11) is 0. The third-order valence-electron chi connectivity index (χ3n) is 5.20. The maximum atomic E-state index is 13.0. The molecule has 0 atom stereocenters. The largest absolute Gasteiger partial charge is 0.573 e. The molecule has 3 amide bonds. The fourth-order valence-electron chi connectivity index (χ4n) is 3.44. The zero-order valence-electron chi connectivity index (χ0n) is 18.7. The number of nitrogen functional groups attached to an aromatic ring is 1. The molecule has 13 heteroatoms. The number of nitrogens with one attached hydrogen (secondary N) is 1. The molecule has 10 nitrogen and oxygen atoms in total. The molecule has 3 heterocycles. The summed E-state index contributed by atoms with van der Waals surface area (Å²) in [5.74, 6) is -1.14. The van der Waals surface area contributed by atoms with Crippen LogP contribution in [0.2, 0.25) is 0 Å². The molecule has 36 heavy (non-hydrogen) atoms. The Hall–Kier alpha value is -4.55. The van der Waals surface area contributed by atoms with Crippen LogP contribution in [0.5, 0.6) is 5.75 Å². The molecule has 0 bridgehead atoms. The molecular formula is C23H20F3N7O3. The summed E-state index contributed by atoms with van der Waals surface area (Å²) in [6, 6.07) is 8.82. The molecule has 0 fully saturated rings. The number of nitrogens with zero attached hydrogens (tertiary/aromatic N) is 5. The minimum Gasteiger partial charge on any atom is -0.405 e. The van der Waals surface area contributed by atoms with E-state index in [-0.39, 0.29) is 43.3 Å². The SMILES string of the molecule is Nc1ncc(-c2ccc(CNC(=O)C3=NC(=O)N(Cc4ccccn4)CC3)c(OC(F)(F)F)c2)cn1. The van der Waals surface area contributed by atoms with Gasteiger partial charge in [-0.15, -0.1) is 13.2 Å². The Bertz CT molecular complexity index is 1280. The van der Waals surface area contributed by atoms with Crippen molar-refractivity contribution < 1.29 is 27.5 Å². The number of alkyl halides is 3. The lowest BCUT2D eigenvalue weighted by atomic mass is 10.1. The number of hydrogen-bond acceptors (Lipinski definition) is 7. The van der Waals surface area contributed by atoms with Crippen molar-refractivity contribution in [1.29, 1.82) is 0 Å². The Morgan fingerprint density at radius 3 is 2.56 bits per heavy atom. The molecule has 0 saturated heterocycles. The Kier molecular flexibility index (Phi) is 7.08. The van der Waals surface area contributed by atoms with Crippen molar-refractivity contribution in [3.8, 4) is 16.9 Å². The number of rotatable bonds is 7. The van der Waals surface area contributed by atoms with Gasteiger partial charge in [0.05, 0.1) is 12.2 Å². The van der Waals surface area contributed by atoms with Crippen LogP contribution >= 0.6 is 0 Å². The lowest BCUT2D eigenvalue weighted by molar-refractivity contribution is -0.274. The zero-order chi connectivity index (χ0) is 25.7. The van der Waals surface area contributed by atoms with Crippen molar-refractivity contribution in [2.24, 2.45) is 4.99 Å². The topological polar surface area (TPSA) is 136 Å². The third kappa shape index (κ3) is 6.31. The summed E-state index contributed by atoms with van der Waals surface area (Å²) in [6.45, 7) is 0.220. The summed E-state index contributed by atoms with van der Waals surface area (Å²) in [6.07, 6.45) is -0.422. The standard InChI is InChI=1S/C23H20F3N7O3/c24-23(25,26)36-19-9-14(16-11-30-21(27)31-12-16)4-5-15(19)10-29-20(34)18-6-8-33(22(35)32-18)13-17-3-1-2-7-28-17/h1-5,7,9,11-12H,6,8,10,13H2,(H,29,34)(H2,27,30,31). The van der Waals surface area contributed by atoms with Crippen molar-refractivity contribution in [1.82, 2.24) is 25.2 Å². The second kappa shape index (κ2) is 10.4. The van der Waals surface area contributed by atoms with Gasteiger partial charge in [-0.05, 0) is 23.8 Å². The molecule has 1 aromatic carbocycles. The first kappa shape index (κ1) is 24.6. The minimum atomic E-state index is -4.95. The molecule has 4 rings (SSSR count). The van der Waals surface area contributed by atoms with E-state index in [1.54, 1.807) is 24.4 Å². The molecule has 2 aromatic heterocycles. The maximum absolute atomic E-state index is 13.0. The third-order valence-corrected chi connectivity index (χ3v) is 5.20. The Morgan fingerprint density at radius 1 is 1.11 bits per heavy atom. The van der Waals surface area contributed by atoms with E-state index in [1.165, 1.54) is 35.5 Å². The van der Waals surface area contributed by atoms with Crippen molar-refractivity contribution in [2.75, 3.05) is 12.3 Å². The van der Waals surface area contributed by atoms with Crippen LogP contribution in [0.1, 0.15) is 17.7 Å². The van der Waals surface area contributed by atoms with Crippen LogP contribution in [0.4, 0.5) is 23.9 Å². The van der Waals surface area contributed by atoms with E-state index in [2.05, 4.69) is 30.0 Å². The first-order valence-corrected chi connectivity index (χ1v) is 10.7. The summed E-state index contributed by atoms with van der Waals surface area (Å²) in [4.78, 5) is 42.1. The molecule has 3 N–H and O–H groups in total. The average Bonchev–Trinajstić information content (AvgIpc) is 2.84. The monoisotopic (exact) mass is 499 g/mol. The molecule has 0 spiro atoms. The molecule has 0 aliphatic carbocycles. The van der Waals surface area contributed by atoms with Crippen LogP contribution in [-0.2, 0) is 17.9 Å². The molecule has 1 aliphatic rings. The van der Waals surface area contributed by atoms with Crippen LogP contribution < -0.4 is 15.8 Å². The predicted octanol–water partition coefficient (Wildman–Crippen LogP) is 3.10. The fraction of sp³-hybridized carbons (Fsp3) is 0.217. The number of amides is 3. The van der Waals surface area contributed by atoms with E-state index in [0.29, 0.717) is 16.8 Å². The number of aromatic nitrogens is 3. The summed E-state index contributed by atoms with van der Waals surface area (Å²) < 4.78 is 43.2. The predicted molar refractivity (Wildman–Crippen MR) is 123 cm³/mol. The summed E-state index contributed by atoms with van der Waals surface area (Å²) >= 11 is 0. The minimum absolute atomic E-state index is 0.00814. The first-order valence-electron chi connectivity index (χ1n) is 10.7. The number of anilines is 1. The molecule has 1 aliphatic heterocycles. The second-order valence-electron chi connectivity index (χ2n) is 7.72. The van der Waals surface area contributed by atoms with Gasteiger partial charge in [-0.2, -0.15) is 4.99 Å². The van der Waals surface area contributed by atoms with E-state index < -0.39 is 24.1 Å². The number of pyridine rings is 1. The Balaban J connectivity index is 1.45. The number of carbonyl (C=O) groups is 2. The lowest BCUT2D eigenvalue weighted by Gasteiger charge is -2.24. The summed E-state index contributed by atoms with van der Waals surface area (Å²) in [5.41, 5.74) is 6.98. The molecule has 0 unspecified atom stereocenters. The highest BCUT2D eigenvalue weighted by Gasteiger charge is 2.32. The Labute approximate surface area is 203 Å². The molecule has 0 saturated carbocycles. The van der Waals surface area contributed by atoms with Gasteiger partial charge in [0.25, 0.3) is 5.91 Å². The van der Waals surface area contributed by atoms with E-state index in [9.17, 15) is 22.8 Å². The van der Waals surface area contributed by atoms with Gasteiger partial charge in [0, 0.05) is 49.2 Å².